The highest BCUT2D eigenvalue weighted by Gasteiger charge is 2.32. The number of carbonyl (C=O) groups is 1. The molecule has 1 amide bonds. The van der Waals surface area contributed by atoms with Gasteiger partial charge >= 0.3 is 0 Å². The van der Waals surface area contributed by atoms with Crippen LogP contribution in [0.5, 0.6) is 0 Å². The maximum atomic E-state index is 12.9. The van der Waals surface area contributed by atoms with Gasteiger partial charge in [0.05, 0.1) is 11.7 Å². The molecule has 1 N–H and O–H groups in total. The molecular formula is C21H25FN2O3S. The summed E-state index contributed by atoms with van der Waals surface area (Å²) < 4.78 is 39.8. The largest absolute Gasteiger partial charge is 0.355 e. The molecule has 5 nitrogen and oxygen atoms in total. The van der Waals surface area contributed by atoms with E-state index in [0.717, 1.165) is 11.1 Å². The van der Waals surface area contributed by atoms with Crippen LogP contribution in [0.3, 0.4) is 0 Å². The van der Waals surface area contributed by atoms with Crippen LogP contribution in [0.1, 0.15) is 24.0 Å². The van der Waals surface area contributed by atoms with Gasteiger partial charge in [-0.1, -0.05) is 42.5 Å². The molecule has 3 rings (SSSR count). The number of piperidine rings is 1. The Hall–Kier alpha value is -2.25. The van der Waals surface area contributed by atoms with E-state index in [9.17, 15) is 17.6 Å². The third-order valence-electron chi connectivity index (χ3n) is 4.97. The fourth-order valence-electron chi connectivity index (χ4n) is 3.41. The van der Waals surface area contributed by atoms with Crippen molar-refractivity contribution < 1.29 is 17.6 Å². The maximum Gasteiger partial charge on any atom is 0.224 e. The average Bonchev–Trinajstić information content (AvgIpc) is 2.70. The molecule has 0 radical (unpaired) electrons. The van der Waals surface area contributed by atoms with E-state index >= 15 is 0 Å². The Morgan fingerprint density at radius 1 is 1.07 bits per heavy atom. The Morgan fingerprint density at radius 2 is 1.79 bits per heavy atom. The van der Waals surface area contributed by atoms with E-state index < -0.39 is 10.0 Å². The number of nitrogens with zero attached hydrogens (tertiary/aromatic N) is 1. The van der Waals surface area contributed by atoms with Gasteiger partial charge in [0.15, 0.2) is 0 Å². The van der Waals surface area contributed by atoms with Crippen LogP contribution in [-0.2, 0) is 27.0 Å². The zero-order valence-electron chi connectivity index (χ0n) is 15.7. The zero-order valence-corrected chi connectivity index (χ0v) is 16.5. The van der Waals surface area contributed by atoms with Crippen molar-refractivity contribution in [1.29, 1.82) is 0 Å². The van der Waals surface area contributed by atoms with Crippen LogP contribution in [0.4, 0.5) is 4.39 Å². The lowest BCUT2D eigenvalue weighted by Crippen LogP contribution is -2.46. The monoisotopic (exact) mass is 404 g/mol. The lowest BCUT2D eigenvalue weighted by atomic mass is 9.99. The Balaban J connectivity index is 1.52. The SMILES string of the molecule is O=C(NCCc1ccc(F)cc1)[C@H]1CCCN(S(=O)(=O)Cc2ccccc2)C1. The minimum Gasteiger partial charge on any atom is -0.355 e. The van der Waals surface area contributed by atoms with Crippen LogP contribution in [0.15, 0.2) is 54.6 Å². The minimum absolute atomic E-state index is 0.0489. The van der Waals surface area contributed by atoms with Gasteiger partial charge in [0.25, 0.3) is 0 Å². The molecule has 2 aromatic carbocycles. The molecule has 1 atom stereocenters. The lowest BCUT2D eigenvalue weighted by Gasteiger charge is -2.31. The molecule has 0 saturated carbocycles. The van der Waals surface area contributed by atoms with Crippen molar-refractivity contribution >= 4 is 15.9 Å². The summed E-state index contributed by atoms with van der Waals surface area (Å²) in [5, 5.41) is 2.88. The number of hydrogen-bond donors (Lipinski definition) is 1. The molecule has 0 spiro atoms. The third kappa shape index (κ3) is 5.62. The van der Waals surface area contributed by atoms with Gasteiger partial charge in [0.2, 0.25) is 15.9 Å². The molecule has 1 heterocycles. The normalized spacial score (nSPS) is 18.0. The van der Waals surface area contributed by atoms with E-state index in [0.29, 0.717) is 32.4 Å². The molecule has 0 unspecified atom stereocenters. The van der Waals surface area contributed by atoms with Crippen molar-refractivity contribution in [2.45, 2.75) is 25.0 Å². The standard InChI is InChI=1S/C21H25FN2O3S/c22-20-10-8-17(9-11-20)12-13-23-21(25)19-7-4-14-24(15-19)28(26,27)16-18-5-2-1-3-6-18/h1-3,5-6,8-11,19H,4,7,12-16H2,(H,23,25)/t19-/m0/s1. The molecule has 2 aromatic rings. The molecule has 1 fully saturated rings. The van der Waals surface area contributed by atoms with Crippen molar-refractivity contribution in [1.82, 2.24) is 9.62 Å². The first kappa shape index (κ1) is 20.5. The summed E-state index contributed by atoms with van der Waals surface area (Å²) in [5.74, 6) is -0.798. The highest BCUT2D eigenvalue weighted by Crippen LogP contribution is 2.21. The van der Waals surface area contributed by atoms with Crippen LogP contribution in [0.25, 0.3) is 0 Å². The van der Waals surface area contributed by atoms with Gasteiger partial charge in [-0.2, -0.15) is 0 Å². The van der Waals surface area contributed by atoms with E-state index in [-0.39, 0.29) is 29.9 Å². The summed E-state index contributed by atoms with van der Waals surface area (Å²) in [6, 6.07) is 15.3. The molecule has 0 bridgehead atoms. The van der Waals surface area contributed by atoms with Crippen LogP contribution >= 0.6 is 0 Å². The number of nitrogens with one attached hydrogen (secondary N) is 1. The Bertz CT molecular complexity index is 886. The van der Waals surface area contributed by atoms with Gasteiger partial charge in [-0.05, 0) is 42.5 Å². The molecule has 1 aliphatic heterocycles. The van der Waals surface area contributed by atoms with Crippen molar-refractivity contribution in [3.05, 3.63) is 71.5 Å². The van der Waals surface area contributed by atoms with Crippen LogP contribution < -0.4 is 5.32 Å². The first-order chi connectivity index (χ1) is 13.4. The quantitative estimate of drug-likeness (QED) is 0.772. The summed E-state index contributed by atoms with van der Waals surface area (Å²) in [7, 11) is -3.45. The zero-order chi connectivity index (χ0) is 20.0. The Morgan fingerprint density at radius 3 is 2.50 bits per heavy atom. The summed E-state index contributed by atoms with van der Waals surface area (Å²) in [6.07, 6.45) is 1.96. The van der Waals surface area contributed by atoms with Gasteiger partial charge in [-0.15, -0.1) is 0 Å². The molecule has 0 aliphatic carbocycles. The van der Waals surface area contributed by atoms with Gasteiger partial charge in [0, 0.05) is 19.6 Å². The van der Waals surface area contributed by atoms with Crippen LogP contribution in [0.2, 0.25) is 0 Å². The number of amides is 1. The third-order valence-corrected chi connectivity index (χ3v) is 6.78. The van der Waals surface area contributed by atoms with Crippen molar-refractivity contribution in [3.8, 4) is 0 Å². The summed E-state index contributed by atoms with van der Waals surface area (Å²) in [6.45, 7) is 1.11. The summed E-state index contributed by atoms with van der Waals surface area (Å²) in [4.78, 5) is 12.5. The number of rotatable bonds is 7. The predicted molar refractivity (Wildman–Crippen MR) is 106 cm³/mol. The van der Waals surface area contributed by atoms with Gasteiger partial charge in [-0.3, -0.25) is 4.79 Å². The Kier molecular flexibility index (Phi) is 6.80. The number of hydrogen-bond acceptors (Lipinski definition) is 3. The smallest absolute Gasteiger partial charge is 0.224 e. The highest BCUT2D eigenvalue weighted by atomic mass is 32.2. The predicted octanol–water partition coefficient (Wildman–Crippen LogP) is 2.73. The molecule has 1 saturated heterocycles. The van der Waals surface area contributed by atoms with Crippen molar-refractivity contribution in [2.75, 3.05) is 19.6 Å². The van der Waals surface area contributed by atoms with E-state index in [1.54, 1.807) is 24.3 Å². The second kappa shape index (κ2) is 9.30. The van der Waals surface area contributed by atoms with Gasteiger partial charge < -0.3 is 5.32 Å². The molecule has 28 heavy (non-hydrogen) atoms. The first-order valence-electron chi connectivity index (χ1n) is 9.48. The van der Waals surface area contributed by atoms with E-state index in [1.807, 2.05) is 18.2 Å². The molecule has 7 heteroatoms. The maximum absolute atomic E-state index is 12.9. The summed E-state index contributed by atoms with van der Waals surface area (Å²) in [5.41, 5.74) is 1.69. The van der Waals surface area contributed by atoms with E-state index in [1.165, 1.54) is 16.4 Å². The molecular weight excluding hydrogens is 379 g/mol. The van der Waals surface area contributed by atoms with Crippen LogP contribution in [0, 0.1) is 11.7 Å². The number of carbonyl (C=O) groups excluding carboxylic acids is 1. The second-order valence-electron chi connectivity index (χ2n) is 7.11. The van der Waals surface area contributed by atoms with Crippen LogP contribution in [-0.4, -0.2) is 38.3 Å². The highest BCUT2D eigenvalue weighted by molar-refractivity contribution is 7.88. The molecule has 150 valence electrons. The molecule has 1 aliphatic rings. The summed E-state index contributed by atoms with van der Waals surface area (Å²) >= 11 is 0. The first-order valence-corrected chi connectivity index (χ1v) is 11.1. The average molecular weight is 405 g/mol. The van der Waals surface area contributed by atoms with Gasteiger partial charge in [0.1, 0.15) is 5.82 Å². The fourth-order valence-corrected chi connectivity index (χ4v) is 5.02. The van der Waals surface area contributed by atoms with E-state index in [2.05, 4.69) is 5.32 Å². The van der Waals surface area contributed by atoms with Gasteiger partial charge in [-0.25, -0.2) is 17.1 Å². The number of halogens is 1. The minimum atomic E-state index is -3.45. The van der Waals surface area contributed by atoms with E-state index in [4.69, 9.17) is 0 Å². The van der Waals surface area contributed by atoms with Crippen molar-refractivity contribution in [3.63, 3.8) is 0 Å². The number of sulfonamides is 1. The Labute approximate surface area is 165 Å². The molecule has 0 aromatic heterocycles. The lowest BCUT2D eigenvalue weighted by molar-refractivity contribution is -0.126. The second-order valence-corrected chi connectivity index (χ2v) is 9.08. The fraction of sp³-hybridized carbons (Fsp3) is 0.381. The number of benzene rings is 2. The van der Waals surface area contributed by atoms with Crippen molar-refractivity contribution in [2.24, 2.45) is 5.92 Å². The topological polar surface area (TPSA) is 66.5 Å².